The van der Waals surface area contributed by atoms with E-state index in [1.165, 1.54) is 66.8 Å². The quantitative estimate of drug-likeness (QED) is 0.193. The molecular weight excluding hydrogens is 603 g/mol. The summed E-state index contributed by atoms with van der Waals surface area (Å²) in [7, 11) is -2.15. The fraction of sp³-hybridized carbons (Fsp3) is 0.333. The summed E-state index contributed by atoms with van der Waals surface area (Å²) < 4.78 is 0. The Morgan fingerprint density at radius 2 is 0.844 bits per heavy atom. The highest BCUT2D eigenvalue weighted by atomic mass is 35.5. The minimum Gasteiger partial charge on any atom is -0.0837 e. The number of hydrogen-bond donors (Lipinski definition) is 0. The van der Waals surface area contributed by atoms with Crippen molar-refractivity contribution in [2.75, 3.05) is 0 Å². The van der Waals surface area contributed by atoms with Crippen molar-refractivity contribution in [3.05, 3.63) is 129 Å². The van der Waals surface area contributed by atoms with Gasteiger partial charge in [0, 0.05) is 32.3 Å². The van der Waals surface area contributed by atoms with Gasteiger partial charge >= 0.3 is 0 Å². The van der Waals surface area contributed by atoms with Crippen LogP contribution in [0.5, 0.6) is 0 Å². The third-order valence-corrected chi connectivity index (χ3v) is 15.9. The first-order valence-electron chi connectivity index (χ1n) is 16.2. The highest BCUT2D eigenvalue weighted by Crippen LogP contribution is 2.58. The molecule has 4 aromatic carbocycles. The lowest BCUT2D eigenvalue weighted by Crippen LogP contribution is -2.42. The predicted molar refractivity (Wildman–Crippen MR) is 201 cm³/mol. The summed E-state index contributed by atoms with van der Waals surface area (Å²) in [4.78, 5) is 0. The van der Waals surface area contributed by atoms with Crippen molar-refractivity contribution in [3.8, 4) is 22.3 Å². The van der Waals surface area contributed by atoms with E-state index in [4.69, 9.17) is 23.2 Å². The first-order valence-corrected chi connectivity index (χ1v) is 20.2. The molecule has 3 heteroatoms. The monoisotopic (exact) mass is 648 g/mol. The van der Waals surface area contributed by atoms with E-state index in [1.807, 2.05) is 0 Å². The Morgan fingerprint density at radius 1 is 0.511 bits per heavy atom. The van der Waals surface area contributed by atoms with Gasteiger partial charge in [-0.25, -0.2) is 0 Å². The van der Waals surface area contributed by atoms with Crippen molar-refractivity contribution in [1.82, 2.24) is 0 Å². The summed E-state index contributed by atoms with van der Waals surface area (Å²) in [5, 5.41) is 1.84. The van der Waals surface area contributed by atoms with Crippen LogP contribution in [0.1, 0.15) is 99.9 Å². The Balaban J connectivity index is 1.44. The van der Waals surface area contributed by atoms with E-state index >= 15 is 0 Å². The van der Waals surface area contributed by atoms with E-state index < -0.39 is 8.07 Å². The molecule has 4 aromatic rings. The average Bonchev–Trinajstić information content (AvgIpc) is 3.41. The SMILES string of the molecule is CC1=C(Cl)c2c(-c3ccc(C(C)(C)C)cc3)cccc2C1[Si](C)(C)C1C(C)=C(Cl)c2c(-c3ccc(C(C)(C)C)cc3)cccc21. The molecule has 2 aliphatic carbocycles. The van der Waals surface area contributed by atoms with Gasteiger partial charge in [-0.1, -0.05) is 163 Å². The lowest BCUT2D eigenvalue weighted by atomic mass is 9.86. The van der Waals surface area contributed by atoms with Crippen molar-refractivity contribution in [1.29, 1.82) is 0 Å². The van der Waals surface area contributed by atoms with Crippen LogP contribution >= 0.6 is 23.2 Å². The van der Waals surface area contributed by atoms with Crippen LogP contribution in [0, 0.1) is 0 Å². The molecule has 0 aliphatic heterocycles. The van der Waals surface area contributed by atoms with Crippen molar-refractivity contribution >= 4 is 41.3 Å². The highest BCUT2D eigenvalue weighted by Gasteiger charge is 2.50. The number of fused-ring (bicyclic) bond motifs is 2. The summed E-state index contributed by atoms with van der Waals surface area (Å²) in [6, 6.07) is 31.7. The number of halogens is 2. The standard InChI is InChI=1S/C42H46Cl2Si/c1-25-37(43)35-31(27-17-21-29(22-18-27)41(3,4)5)13-11-15-33(35)39(25)45(9,10)40-26(2)38(44)36-32(14-12-16-34(36)40)28-19-23-30(24-20-28)42(6,7)8/h11-24,39-40H,1-10H3. The van der Waals surface area contributed by atoms with Gasteiger partial charge in [0.25, 0.3) is 0 Å². The Labute approximate surface area is 282 Å². The van der Waals surface area contributed by atoms with Crippen LogP contribution in [-0.2, 0) is 10.8 Å². The summed E-state index contributed by atoms with van der Waals surface area (Å²) in [5.41, 5.74) is 16.2. The summed E-state index contributed by atoms with van der Waals surface area (Å²) in [5.74, 6) is 0. The fourth-order valence-electron chi connectivity index (χ4n) is 8.09. The molecule has 2 aliphatic rings. The molecule has 0 N–H and O–H groups in total. The molecule has 0 amide bonds. The molecule has 0 fully saturated rings. The molecular formula is C42H46Cl2Si. The summed E-state index contributed by atoms with van der Waals surface area (Å²) in [6.07, 6.45) is 0. The number of allylic oxidation sites excluding steroid dienone is 2. The maximum atomic E-state index is 7.34. The minimum atomic E-state index is -2.15. The van der Waals surface area contributed by atoms with Gasteiger partial charge in [-0.05, 0) is 80.3 Å². The van der Waals surface area contributed by atoms with Gasteiger partial charge in [0.15, 0.2) is 0 Å². The van der Waals surface area contributed by atoms with Crippen LogP contribution in [-0.4, -0.2) is 8.07 Å². The third-order valence-electron chi connectivity index (χ3n) is 10.4. The van der Waals surface area contributed by atoms with Crippen LogP contribution in [0.25, 0.3) is 32.3 Å². The largest absolute Gasteiger partial charge is 0.0837 e. The van der Waals surface area contributed by atoms with E-state index in [-0.39, 0.29) is 10.8 Å². The zero-order chi connectivity index (χ0) is 32.6. The van der Waals surface area contributed by atoms with E-state index in [1.54, 1.807) is 0 Å². The molecule has 0 aromatic heterocycles. The molecule has 0 spiro atoms. The van der Waals surface area contributed by atoms with Gasteiger partial charge in [-0.15, -0.1) is 0 Å². The molecule has 0 heterocycles. The number of rotatable bonds is 4. The molecule has 2 unspecified atom stereocenters. The molecule has 2 atom stereocenters. The van der Waals surface area contributed by atoms with E-state index in [9.17, 15) is 0 Å². The van der Waals surface area contributed by atoms with Crippen LogP contribution < -0.4 is 0 Å². The Morgan fingerprint density at radius 3 is 1.16 bits per heavy atom. The maximum absolute atomic E-state index is 7.34. The predicted octanol–water partition coefficient (Wildman–Crippen LogP) is 13.2. The first-order chi connectivity index (χ1) is 21.0. The highest BCUT2D eigenvalue weighted by molar-refractivity contribution is 6.82. The Kier molecular flexibility index (Phi) is 7.96. The molecule has 0 radical (unpaired) electrons. The molecule has 232 valence electrons. The van der Waals surface area contributed by atoms with Crippen LogP contribution in [0.4, 0.5) is 0 Å². The first kappa shape index (κ1) is 32.1. The van der Waals surface area contributed by atoms with Gasteiger partial charge in [0.1, 0.15) is 0 Å². The Bertz CT molecular complexity index is 1720. The lowest BCUT2D eigenvalue weighted by Gasteiger charge is -2.39. The molecule has 45 heavy (non-hydrogen) atoms. The fourth-order valence-corrected chi connectivity index (χ4v) is 13.9. The molecule has 0 bridgehead atoms. The van der Waals surface area contributed by atoms with Gasteiger partial charge in [-0.3, -0.25) is 0 Å². The number of hydrogen-bond acceptors (Lipinski definition) is 0. The lowest BCUT2D eigenvalue weighted by molar-refractivity contribution is 0.590. The zero-order valence-corrected chi connectivity index (χ0v) is 31.0. The van der Waals surface area contributed by atoms with Crippen LogP contribution in [0.2, 0.25) is 13.1 Å². The third kappa shape index (κ3) is 5.30. The van der Waals surface area contributed by atoms with Crippen molar-refractivity contribution in [2.45, 2.75) is 90.4 Å². The second kappa shape index (κ2) is 11.1. The topological polar surface area (TPSA) is 0 Å². The van der Waals surface area contributed by atoms with Crippen molar-refractivity contribution < 1.29 is 0 Å². The maximum Gasteiger partial charge on any atom is 0.0723 e. The second-order valence-corrected chi connectivity index (χ2v) is 21.4. The number of benzene rings is 4. The Hall–Kier alpha value is -2.84. The van der Waals surface area contributed by atoms with Gasteiger partial charge < -0.3 is 0 Å². The smallest absolute Gasteiger partial charge is 0.0723 e. The molecule has 0 nitrogen and oxygen atoms in total. The van der Waals surface area contributed by atoms with Crippen molar-refractivity contribution in [2.24, 2.45) is 0 Å². The van der Waals surface area contributed by atoms with Gasteiger partial charge in [0.2, 0.25) is 0 Å². The van der Waals surface area contributed by atoms with Crippen LogP contribution in [0.3, 0.4) is 0 Å². The molecule has 6 rings (SSSR count). The second-order valence-electron chi connectivity index (χ2n) is 15.9. The normalized spacial score (nSPS) is 18.5. The van der Waals surface area contributed by atoms with Gasteiger partial charge in [-0.2, -0.15) is 0 Å². The molecule has 0 saturated heterocycles. The van der Waals surface area contributed by atoms with E-state index in [2.05, 4.69) is 153 Å². The molecule has 0 saturated carbocycles. The average molecular weight is 650 g/mol. The zero-order valence-electron chi connectivity index (χ0n) is 28.5. The summed E-state index contributed by atoms with van der Waals surface area (Å²) >= 11 is 14.7. The minimum absolute atomic E-state index is 0.117. The van der Waals surface area contributed by atoms with Crippen LogP contribution in [0.15, 0.2) is 96.1 Å². The van der Waals surface area contributed by atoms with Gasteiger partial charge in [0.05, 0.1) is 8.07 Å². The van der Waals surface area contributed by atoms with E-state index in [0.717, 1.165) is 10.1 Å². The van der Waals surface area contributed by atoms with E-state index in [0.29, 0.717) is 11.1 Å². The summed E-state index contributed by atoms with van der Waals surface area (Å²) in [6.45, 7) is 23.2. The van der Waals surface area contributed by atoms with Crippen molar-refractivity contribution in [3.63, 3.8) is 0 Å².